The maximum Gasteiger partial charge on any atom is 0.138 e. The summed E-state index contributed by atoms with van der Waals surface area (Å²) < 4.78 is 0.897. The second-order valence-electron chi connectivity index (χ2n) is 5.03. The Morgan fingerprint density at radius 3 is 2.95 bits per heavy atom. The molecule has 3 rings (SSSR count). The number of pyridine rings is 1. The monoisotopic (exact) mass is 332 g/mol. The SMILES string of the molecule is OCc1cc(Br)cnc1N1CCCCc2ccccc21. The zero-order valence-electron chi connectivity index (χ0n) is 11.2. The lowest BCUT2D eigenvalue weighted by Gasteiger charge is -2.25. The van der Waals surface area contributed by atoms with E-state index in [0.717, 1.165) is 35.2 Å². The summed E-state index contributed by atoms with van der Waals surface area (Å²) in [6.45, 7) is 0.944. The highest BCUT2D eigenvalue weighted by atomic mass is 79.9. The van der Waals surface area contributed by atoms with Gasteiger partial charge in [0.2, 0.25) is 0 Å². The first-order valence-electron chi connectivity index (χ1n) is 6.90. The first-order chi connectivity index (χ1) is 9.79. The smallest absolute Gasteiger partial charge is 0.138 e. The summed E-state index contributed by atoms with van der Waals surface area (Å²) in [4.78, 5) is 6.77. The molecule has 0 aliphatic carbocycles. The lowest BCUT2D eigenvalue weighted by Crippen LogP contribution is -2.20. The number of para-hydroxylation sites is 1. The summed E-state index contributed by atoms with van der Waals surface area (Å²) in [5, 5.41) is 9.60. The van der Waals surface area contributed by atoms with E-state index in [1.807, 2.05) is 6.07 Å². The Bertz CT molecular complexity index is 615. The van der Waals surface area contributed by atoms with Gasteiger partial charge < -0.3 is 10.0 Å². The van der Waals surface area contributed by atoms with E-state index >= 15 is 0 Å². The summed E-state index contributed by atoms with van der Waals surface area (Å²) in [6.07, 6.45) is 5.23. The molecule has 1 aromatic carbocycles. The van der Waals surface area contributed by atoms with Gasteiger partial charge in [0.05, 0.1) is 6.61 Å². The molecule has 104 valence electrons. The van der Waals surface area contributed by atoms with Crippen molar-refractivity contribution in [2.45, 2.75) is 25.9 Å². The number of halogens is 1. The molecular formula is C16H17BrN2O. The maximum atomic E-state index is 9.60. The molecule has 4 heteroatoms. The van der Waals surface area contributed by atoms with Crippen LogP contribution in [0.5, 0.6) is 0 Å². The van der Waals surface area contributed by atoms with Crippen molar-refractivity contribution in [3.05, 3.63) is 52.1 Å². The molecule has 20 heavy (non-hydrogen) atoms. The third-order valence-corrected chi connectivity index (χ3v) is 4.13. The van der Waals surface area contributed by atoms with E-state index in [-0.39, 0.29) is 6.61 Å². The van der Waals surface area contributed by atoms with Gasteiger partial charge in [0.1, 0.15) is 5.82 Å². The first-order valence-corrected chi connectivity index (χ1v) is 7.69. The third-order valence-electron chi connectivity index (χ3n) is 3.70. The van der Waals surface area contributed by atoms with Gasteiger partial charge in [0, 0.05) is 28.5 Å². The normalized spacial score (nSPS) is 14.8. The molecule has 1 N–H and O–H groups in total. The van der Waals surface area contributed by atoms with Gasteiger partial charge >= 0.3 is 0 Å². The van der Waals surface area contributed by atoms with E-state index in [1.165, 1.54) is 17.7 Å². The predicted molar refractivity (Wildman–Crippen MR) is 84.2 cm³/mol. The average molecular weight is 333 g/mol. The summed E-state index contributed by atoms with van der Waals surface area (Å²) >= 11 is 3.42. The largest absolute Gasteiger partial charge is 0.392 e. The van der Waals surface area contributed by atoms with Crippen LogP contribution in [0.25, 0.3) is 0 Å². The molecule has 0 unspecified atom stereocenters. The minimum absolute atomic E-state index is 0.000437. The highest BCUT2D eigenvalue weighted by Crippen LogP contribution is 2.33. The number of hydrogen-bond acceptors (Lipinski definition) is 3. The summed E-state index contributed by atoms with van der Waals surface area (Å²) in [5.41, 5.74) is 3.43. The van der Waals surface area contributed by atoms with Gasteiger partial charge in [-0.25, -0.2) is 4.98 Å². The Balaban J connectivity index is 2.10. The average Bonchev–Trinajstić information content (AvgIpc) is 2.69. The molecule has 0 saturated heterocycles. The van der Waals surface area contributed by atoms with Crippen molar-refractivity contribution in [3.8, 4) is 0 Å². The molecule has 0 spiro atoms. The molecule has 0 fully saturated rings. The van der Waals surface area contributed by atoms with Gasteiger partial charge in [-0.3, -0.25) is 0 Å². The zero-order valence-corrected chi connectivity index (χ0v) is 12.8. The highest BCUT2D eigenvalue weighted by molar-refractivity contribution is 9.10. The van der Waals surface area contributed by atoms with E-state index in [1.54, 1.807) is 6.20 Å². The topological polar surface area (TPSA) is 36.4 Å². The number of nitrogens with zero attached hydrogens (tertiary/aromatic N) is 2. The molecule has 1 aliphatic heterocycles. The van der Waals surface area contributed by atoms with Crippen LogP contribution in [0.4, 0.5) is 11.5 Å². The quantitative estimate of drug-likeness (QED) is 0.908. The number of aliphatic hydroxyl groups excluding tert-OH is 1. The van der Waals surface area contributed by atoms with Gasteiger partial charge in [-0.2, -0.15) is 0 Å². The van der Waals surface area contributed by atoms with Crippen molar-refractivity contribution < 1.29 is 5.11 Å². The molecular weight excluding hydrogens is 316 g/mol. The van der Waals surface area contributed by atoms with Crippen LogP contribution in [-0.4, -0.2) is 16.6 Å². The van der Waals surface area contributed by atoms with Crippen molar-refractivity contribution in [1.29, 1.82) is 0 Å². The number of aryl methyl sites for hydroxylation is 1. The van der Waals surface area contributed by atoms with Crippen LogP contribution in [0.1, 0.15) is 24.0 Å². The molecule has 1 aromatic heterocycles. The third kappa shape index (κ3) is 2.58. The fourth-order valence-corrected chi connectivity index (χ4v) is 3.12. The summed E-state index contributed by atoms with van der Waals surface area (Å²) in [6, 6.07) is 10.4. The Hall–Kier alpha value is -1.39. The lowest BCUT2D eigenvalue weighted by atomic mass is 10.1. The summed E-state index contributed by atoms with van der Waals surface area (Å²) in [5.74, 6) is 0.866. The van der Waals surface area contributed by atoms with Crippen LogP contribution >= 0.6 is 15.9 Å². The Labute approximate surface area is 127 Å². The Morgan fingerprint density at radius 2 is 2.10 bits per heavy atom. The fraction of sp³-hybridized carbons (Fsp3) is 0.312. The van der Waals surface area contributed by atoms with Gasteiger partial charge in [-0.15, -0.1) is 0 Å². The van der Waals surface area contributed by atoms with Gasteiger partial charge in [0.25, 0.3) is 0 Å². The molecule has 3 nitrogen and oxygen atoms in total. The van der Waals surface area contributed by atoms with Crippen LogP contribution in [0.2, 0.25) is 0 Å². The minimum atomic E-state index is 0.000437. The van der Waals surface area contributed by atoms with Crippen LogP contribution in [-0.2, 0) is 13.0 Å². The van der Waals surface area contributed by atoms with E-state index in [2.05, 4.69) is 50.1 Å². The van der Waals surface area contributed by atoms with Crippen LogP contribution in [0, 0.1) is 0 Å². The van der Waals surface area contributed by atoms with Crippen molar-refractivity contribution >= 4 is 27.4 Å². The predicted octanol–water partition coefficient (Wildman–Crippen LogP) is 3.81. The number of hydrogen-bond donors (Lipinski definition) is 1. The first kappa shape index (κ1) is 13.6. The second kappa shape index (κ2) is 5.94. The lowest BCUT2D eigenvalue weighted by molar-refractivity contribution is 0.281. The number of aliphatic hydroxyl groups is 1. The zero-order chi connectivity index (χ0) is 13.9. The Morgan fingerprint density at radius 1 is 1.25 bits per heavy atom. The summed E-state index contributed by atoms with van der Waals surface area (Å²) in [7, 11) is 0. The van der Waals surface area contributed by atoms with Crippen LogP contribution in [0.15, 0.2) is 41.0 Å². The number of fused-ring (bicyclic) bond motifs is 1. The fourth-order valence-electron chi connectivity index (χ4n) is 2.74. The minimum Gasteiger partial charge on any atom is -0.392 e. The Kier molecular flexibility index (Phi) is 4.03. The van der Waals surface area contributed by atoms with Gasteiger partial charge in [-0.05, 0) is 52.9 Å². The van der Waals surface area contributed by atoms with Crippen molar-refractivity contribution in [2.24, 2.45) is 0 Å². The molecule has 0 saturated carbocycles. The molecule has 1 aliphatic rings. The molecule has 0 amide bonds. The van der Waals surface area contributed by atoms with Crippen molar-refractivity contribution in [1.82, 2.24) is 4.98 Å². The van der Waals surface area contributed by atoms with E-state index in [0.29, 0.717) is 0 Å². The van der Waals surface area contributed by atoms with E-state index in [4.69, 9.17) is 0 Å². The molecule has 2 heterocycles. The molecule has 2 aromatic rings. The highest BCUT2D eigenvalue weighted by Gasteiger charge is 2.19. The van der Waals surface area contributed by atoms with Crippen LogP contribution < -0.4 is 4.90 Å². The van der Waals surface area contributed by atoms with E-state index < -0.39 is 0 Å². The van der Waals surface area contributed by atoms with Gasteiger partial charge in [-0.1, -0.05) is 18.2 Å². The van der Waals surface area contributed by atoms with Crippen molar-refractivity contribution in [3.63, 3.8) is 0 Å². The van der Waals surface area contributed by atoms with Crippen LogP contribution in [0.3, 0.4) is 0 Å². The number of benzene rings is 1. The standard InChI is InChI=1S/C16H17BrN2O/c17-14-9-13(11-20)16(18-10-14)19-8-4-3-6-12-5-1-2-7-15(12)19/h1-2,5,7,9-10,20H,3-4,6,8,11H2. The second-order valence-corrected chi connectivity index (χ2v) is 5.95. The number of rotatable bonds is 2. The van der Waals surface area contributed by atoms with Gasteiger partial charge in [0.15, 0.2) is 0 Å². The number of anilines is 2. The maximum absolute atomic E-state index is 9.60. The number of aromatic nitrogens is 1. The molecule has 0 atom stereocenters. The van der Waals surface area contributed by atoms with E-state index in [9.17, 15) is 5.11 Å². The molecule has 0 bridgehead atoms. The molecule has 0 radical (unpaired) electrons. The van der Waals surface area contributed by atoms with Crippen molar-refractivity contribution in [2.75, 3.05) is 11.4 Å².